The van der Waals surface area contributed by atoms with Gasteiger partial charge in [0.2, 0.25) is 0 Å². The molecule has 0 saturated carbocycles. The lowest BCUT2D eigenvalue weighted by atomic mass is 10.2. The molecule has 4 amide bonds. The van der Waals surface area contributed by atoms with Gasteiger partial charge in [0.15, 0.2) is 0 Å². The summed E-state index contributed by atoms with van der Waals surface area (Å²) < 4.78 is 5.28. The Balaban J connectivity index is 1.61. The van der Waals surface area contributed by atoms with Crippen molar-refractivity contribution in [2.24, 2.45) is 0 Å². The molecule has 0 atom stereocenters. The van der Waals surface area contributed by atoms with Crippen molar-refractivity contribution in [3.05, 3.63) is 70.4 Å². The zero-order chi connectivity index (χ0) is 28.4. The number of amides is 4. The van der Waals surface area contributed by atoms with E-state index in [1.165, 1.54) is 11.3 Å². The molecule has 11 nitrogen and oxygen atoms in total. The van der Waals surface area contributed by atoms with Gasteiger partial charge in [-0.05, 0) is 58.1 Å². The molecule has 39 heavy (non-hydrogen) atoms. The monoisotopic (exact) mass is 553 g/mol. The first-order valence-corrected chi connectivity index (χ1v) is 13.3. The van der Waals surface area contributed by atoms with Crippen molar-refractivity contribution in [2.75, 3.05) is 37.8 Å². The van der Waals surface area contributed by atoms with E-state index >= 15 is 0 Å². The van der Waals surface area contributed by atoms with Gasteiger partial charge in [-0.3, -0.25) is 20.1 Å². The first kappa shape index (κ1) is 29.5. The number of thiophene rings is 1. The van der Waals surface area contributed by atoms with E-state index in [1.54, 1.807) is 67.2 Å². The van der Waals surface area contributed by atoms with E-state index in [0.29, 0.717) is 37.6 Å². The van der Waals surface area contributed by atoms with Crippen molar-refractivity contribution in [2.45, 2.75) is 39.5 Å². The highest BCUT2D eigenvalue weighted by molar-refractivity contribution is 7.09. The fraction of sp³-hybridized carbons (Fsp3) is 0.370. The molecule has 0 aliphatic carbocycles. The van der Waals surface area contributed by atoms with Crippen molar-refractivity contribution >= 4 is 40.7 Å². The minimum absolute atomic E-state index is 0.203. The molecule has 0 radical (unpaired) electrons. The van der Waals surface area contributed by atoms with Crippen molar-refractivity contribution in [1.29, 1.82) is 0 Å². The van der Waals surface area contributed by atoms with E-state index < -0.39 is 17.6 Å². The molecular weight excluding hydrogens is 518 g/mol. The minimum atomic E-state index is -0.642. The number of hydrogen-bond acceptors (Lipinski definition) is 8. The van der Waals surface area contributed by atoms with E-state index in [1.807, 2.05) is 31.1 Å². The standard InChI is InChI=1S/C27H35N7O4S/c1-27(2,3)38-26(37)32-23-18-39-17-22(23)31-24(35)21-9-8-20(15-29-21)16-34(12-11-33(4)5)25(36)30-14-19-7-6-10-28-13-19/h6-10,13,15,17-18H,11-12,14,16H2,1-5H3,(H,30,36)(H,31,35)(H,32,37). The van der Waals surface area contributed by atoms with Gasteiger partial charge in [0.1, 0.15) is 11.3 Å². The Kier molecular flexibility index (Phi) is 10.4. The number of carbonyl (C=O) groups is 3. The molecule has 0 unspecified atom stereocenters. The molecule has 3 rings (SSSR count). The fourth-order valence-corrected chi connectivity index (χ4v) is 4.04. The van der Waals surface area contributed by atoms with Gasteiger partial charge in [-0.25, -0.2) is 9.59 Å². The van der Waals surface area contributed by atoms with E-state index in [9.17, 15) is 14.4 Å². The predicted octanol–water partition coefficient (Wildman–Crippen LogP) is 4.41. The van der Waals surface area contributed by atoms with Crippen LogP contribution in [0.15, 0.2) is 53.6 Å². The molecule has 0 aliphatic rings. The maximum atomic E-state index is 12.9. The Labute approximate surface area is 232 Å². The SMILES string of the molecule is CN(C)CCN(Cc1ccc(C(=O)Nc2cscc2NC(=O)OC(C)(C)C)nc1)C(=O)NCc1cccnc1. The Morgan fingerprint density at radius 1 is 0.974 bits per heavy atom. The molecule has 3 aromatic rings. The van der Waals surface area contributed by atoms with Crippen LogP contribution in [0.4, 0.5) is 21.0 Å². The normalized spacial score (nSPS) is 11.1. The smallest absolute Gasteiger partial charge is 0.412 e. The Hall–Kier alpha value is -4.03. The second kappa shape index (κ2) is 13.7. The second-order valence-electron chi connectivity index (χ2n) is 10.1. The number of ether oxygens (including phenoxy) is 1. The van der Waals surface area contributed by atoms with Gasteiger partial charge >= 0.3 is 12.1 Å². The number of aromatic nitrogens is 2. The summed E-state index contributed by atoms with van der Waals surface area (Å²) in [6, 6.07) is 6.90. The minimum Gasteiger partial charge on any atom is -0.444 e. The highest BCUT2D eigenvalue weighted by atomic mass is 32.1. The third kappa shape index (κ3) is 9.98. The number of carbonyl (C=O) groups excluding carboxylic acids is 3. The maximum Gasteiger partial charge on any atom is 0.412 e. The number of urea groups is 1. The number of hydrogen-bond donors (Lipinski definition) is 3. The average molecular weight is 554 g/mol. The molecule has 0 fully saturated rings. The molecule has 3 aromatic heterocycles. The third-order valence-corrected chi connectivity index (χ3v) is 5.99. The summed E-state index contributed by atoms with van der Waals surface area (Å²) in [6.45, 7) is 7.22. The van der Waals surface area contributed by atoms with Crippen molar-refractivity contribution < 1.29 is 19.1 Å². The van der Waals surface area contributed by atoms with Gasteiger partial charge in [0.25, 0.3) is 5.91 Å². The quantitative estimate of drug-likeness (QED) is 0.339. The lowest BCUT2D eigenvalue weighted by Crippen LogP contribution is -2.42. The van der Waals surface area contributed by atoms with Gasteiger partial charge in [-0.2, -0.15) is 0 Å². The Morgan fingerprint density at radius 3 is 2.33 bits per heavy atom. The van der Waals surface area contributed by atoms with Crippen LogP contribution in [0.1, 0.15) is 42.4 Å². The molecule has 0 aliphatic heterocycles. The van der Waals surface area contributed by atoms with Crippen LogP contribution in [0.5, 0.6) is 0 Å². The van der Waals surface area contributed by atoms with Crippen LogP contribution in [0.25, 0.3) is 0 Å². The number of pyridine rings is 2. The first-order valence-electron chi connectivity index (χ1n) is 12.4. The van der Waals surface area contributed by atoms with Gasteiger partial charge in [-0.15, -0.1) is 11.3 Å². The van der Waals surface area contributed by atoms with Gasteiger partial charge < -0.3 is 25.2 Å². The largest absolute Gasteiger partial charge is 0.444 e. The van der Waals surface area contributed by atoms with Gasteiger partial charge in [0.05, 0.1) is 11.4 Å². The molecular formula is C27H35N7O4S. The third-order valence-electron chi connectivity index (χ3n) is 5.25. The summed E-state index contributed by atoms with van der Waals surface area (Å²) >= 11 is 1.33. The van der Waals surface area contributed by atoms with Crippen LogP contribution in [0, 0.1) is 0 Å². The van der Waals surface area contributed by atoms with Crippen LogP contribution in [-0.4, -0.2) is 70.6 Å². The van der Waals surface area contributed by atoms with Crippen LogP contribution in [0.2, 0.25) is 0 Å². The Bertz CT molecular complexity index is 1240. The molecule has 0 spiro atoms. The van der Waals surface area contributed by atoms with Crippen LogP contribution in [0.3, 0.4) is 0 Å². The van der Waals surface area contributed by atoms with E-state index in [2.05, 4.69) is 25.9 Å². The van der Waals surface area contributed by atoms with Crippen molar-refractivity contribution in [1.82, 2.24) is 25.1 Å². The summed E-state index contributed by atoms with van der Waals surface area (Å²) in [4.78, 5) is 49.9. The fourth-order valence-electron chi connectivity index (χ4n) is 3.33. The van der Waals surface area contributed by atoms with Crippen molar-refractivity contribution in [3.8, 4) is 0 Å². The molecule has 0 bridgehead atoms. The highest BCUT2D eigenvalue weighted by Crippen LogP contribution is 2.27. The molecule has 3 N–H and O–H groups in total. The van der Waals surface area contributed by atoms with Crippen LogP contribution in [-0.2, 0) is 17.8 Å². The Morgan fingerprint density at radius 2 is 1.72 bits per heavy atom. The topological polar surface area (TPSA) is 129 Å². The zero-order valence-corrected chi connectivity index (χ0v) is 23.7. The summed E-state index contributed by atoms with van der Waals surface area (Å²) in [7, 11) is 3.89. The zero-order valence-electron chi connectivity index (χ0n) is 22.9. The number of likely N-dealkylation sites (N-methyl/N-ethyl adjacent to an activating group) is 1. The van der Waals surface area contributed by atoms with E-state index in [0.717, 1.165) is 11.1 Å². The summed E-state index contributed by atoms with van der Waals surface area (Å²) in [5.41, 5.74) is 2.14. The second-order valence-corrected chi connectivity index (χ2v) is 10.8. The molecule has 208 valence electrons. The number of nitrogens with zero attached hydrogens (tertiary/aromatic N) is 4. The summed E-state index contributed by atoms with van der Waals surface area (Å²) in [6.07, 6.45) is 4.37. The van der Waals surface area contributed by atoms with Crippen molar-refractivity contribution in [3.63, 3.8) is 0 Å². The highest BCUT2D eigenvalue weighted by Gasteiger charge is 2.19. The molecule has 0 aromatic carbocycles. The first-order chi connectivity index (χ1) is 18.5. The molecule has 0 saturated heterocycles. The maximum absolute atomic E-state index is 12.9. The van der Waals surface area contributed by atoms with Gasteiger partial charge in [0, 0.05) is 55.5 Å². The summed E-state index contributed by atoms with van der Waals surface area (Å²) in [5, 5.41) is 11.8. The van der Waals surface area contributed by atoms with E-state index in [4.69, 9.17) is 4.74 Å². The molecule has 12 heteroatoms. The predicted molar refractivity (Wildman–Crippen MR) is 152 cm³/mol. The lowest BCUT2D eigenvalue weighted by Gasteiger charge is -2.25. The van der Waals surface area contributed by atoms with Gasteiger partial charge in [-0.1, -0.05) is 12.1 Å². The summed E-state index contributed by atoms with van der Waals surface area (Å²) in [5.74, 6) is -0.425. The average Bonchev–Trinajstić information content (AvgIpc) is 3.30. The number of anilines is 2. The molecule has 3 heterocycles. The number of rotatable bonds is 10. The lowest BCUT2D eigenvalue weighted by molar-refractivity contribution is 0.0635. The van der Waals surface area contributed by atoms with Crippen LogP contribution >= 0.6 is 11.3 Å². The van der Waals surface area contributed by atoms with Crippen LogP contribution < -0.4 is 16.0 Å². The van der Waals surface area contributed by atoms with E-state index in [-0.39, 0.29) is 11.7 Å². The number of nitrogens with one attached hydrogen (secondary N) is 3.